The van der Waals surface area contributed by atoms with Crippen molar-refractivity contribution in [1.82, 2.24) is 10.6 Å². The average Bonchev–Trinajstić information content (AvgIpc) is 2.63. The number of carbonyl (C=O) groups excluding carboxylic acids is 1. The van der Waals surface area contributed by atoms with Crippen LogP contribution in [0.5, 0.6) is 0 Å². The normalized spacial score (nSPS) is 17.7. The molecule has 26 heavy (non-hydrogen) atoms. The topological polar surface area (TPSA) is 75.3 Å². The Hall–Kier alpha value is -2.18. The molecular weight excluding hydrogens is 348 g/mol. The molecular formula is C20H24N2O3S. The minimum atomic E-state index is -3.39. The minimum absolute atomic E-state index is 0.0789. The highest BCUT2D eigenvalue weighted by atomic mass is 32.2. The van der Waals surface area contributed by atoms with Crippen molar-refractivity contribution in [2.75, 3.05) is 13.1 Å². The summed E-state index contributed by atoms with van der Waals surface area (Å²) in [5, 5.41) is 6.28. The second kappa shape index (κ2) is 8.01. The number of hydrogen-bond donors (Lipinski definition) is 2. The van der Waals surface area contributed by atoms with Gasteiger partial charge in [-0.2, -0.15) is 0 Å². The molecule has 2 aromatic carbocycles. The van der Waals surface area contributed by atoms with Crippen LogP contribution in [-0.2, 0) is 15.6 Å². The van der Waals surface area contributed by atoms with Crippen LogP contribution >= 0.6 is 0 Å². The number of aryl methyl sites for hydroxylation is 1. The molecule has 5 nitrogen and oxygen atoms in total. The van der Waals surface area contributed by atoms with Crippen LogP contribution in [0.1, 0.15) is 34.3 Å². The number of nitrogens with one attached hydrogen (secondary N) is 2. The highest BCUT2D eigenvalue weighted by Crippen LogP contribution is 2.17. The zero-order valence-electron chi connectivity index (χ0n) is 14.9. The zero-order chi connectivity index (χ0) is 18.6. The van der Waals surface area contributed by atoms with Gasteiger partial charge in [-0.15, -0.1) is 0 Å². The van der Waals surface area contributed by atoms with Gasteiger partial charge in [0.2, 0.25) is 0 Å². The van der Waals surface area contributed by atoms with Crippen molar-refractivity contribution in [3.8, 4) is 0 Å². The van der Waals surface area contributed by atoms with Gasteiger partial charge in [0, 0.05) is 18.2 Å². The third-order valence-corrected chi connectivity index (χ3v) is 6.29. The first-order valence-electron chi connectivity index (χ1n) is 8.84. The standard InChI is InChI=1S/C20H24N2O3S/c1-15-4-10-19(11-5-15)26(24,25)14-16-6-8-17(9-7-16)20(23)22-18-3-2-12-21-13-18/h4-11,18,21H,2-3,12-14H2,1H3,(H,22,23). The summed E-state index contributed by atoms with van der Waals surface area (Å²) in [6, 6.07) is 13.8. The first-order chi connectivity index (χ1) is 12.4. The van der Waals surface area contributed by atoms with Gasteiger partial charge in [0.15, 0.2) is 9.84 Å². The molecule has 0 radical (unpaired) electrons. The summed E-state index contributed by atoms with van der Waals surface area (Å²) in [5.41, 5.74) is 2.24. The van der Waals surface area contributed by atoms with Crippen LogP contribution < -0.4 is 10.6 Å². The molecule has 1 unspecified atom stereocenters. The Morgan fingerprint density at radius 1 is 1.12 bits per heavy atom. The molecule has 1 saturated heterocycles. The maximum atomic E-state index is 12.5. The van der Waals surface area contributed by atoms with E-state index in [0.29, 0.717) is 16.0 Å². The fourth-order valence-corrected chi connectivity index (χ4v) is 4.39. The van der Waals surface area contributed by atoms with Gasteiger partial charge in [0.05, 0.1) is 10.6 Å². The molecule has 1 fully saturated rings. The molecule has 3 rings (SSSR count). The van der Waals surface area contributed by atoms with E-state index in [1.54, 1.807) is 48.5 Å². The van der Waals surface area contributed by atoms with E-state index in [1.807, 2.05) is 6.92 Å². The van der Waals surface area contributed by atoms with E-state index in [-0.39, 0.29) is 17.7 Å². The van der Waals surface area contributed by atoms with Crippen LogP contribution in [-0.4, -0.2) is 33.5 Å². The first-order valence-corrected chi connectivity index (χ1v) is 10.5. The summed E-state index contributed by atoms with van der Waals surface area (Å²) >= 11 is 0. The lowest BCUT2D eigenvalue weighted by Gasteiger charge is -2.23. The quantitative estimate of drug-likeness (QED) is 0.845. The Kier molecular flexibility index (Phi) is 5.74. The Morgan fingerprint density at radius 3 is 2.42 bits per heavy atom. The molecule has 0 aliphatic carbocycles. The third-order valence-electron chi connectivity index (χ3n) is 4.59. The lowest BCUT2D eigenvalue weighted by Crippen LogP contribution is -2.45. The highest BCUT2D eigenvalue weighted by molar-refractivity contribution is 7.90. The van der Waals surface area contributed by atoms with Crippen LogP contribution in [0.3, 0.4) is 0 Å². The highest BCUT2D eigenvalue weighted by Gasteiger charge is 2.18. The maximum Gasteiger partial charge on any atom is 0.251 e. The summed E-state index contributed by atoms with van der Waals surface area (Å²) in [6.45, 7) is 3.71. The summed E-state index contributed by atoms with van der Waals surface area (Å²) in [7, 11) is -3.39. The number of piperidine rings is 1. The lowest BCUT2D eigenvalue weighted by atomic mass is 10.1. The van der Waals surface area contributed by atoms with Gasteiger partial charge in [-0.3, -0.25) is 4.79 Å². The molecule has 0 spiro atoms. The number of benzene rings is 2. The second-order valence-corrected chi connectivity index (χ2v) is 8.78. The van der Waals surface area contributed by atoms with Crippen LogP contribution in [0.2, 0.25) is 0 Å². The van der Waals surface area contributed by atoms with Crippen molar-refractivity contribution in [3.05, 3.63) is 65.2 Å². The maximum absolute atomic E-state index is 12.5. The van der Waals surface area contributed by atoms with Crippen molar-refractivity contribution >= 4 is 15.7 Å². The number of rotatable bonds is 5. The summed E-state index contributed by atoms with van der Waals surface area (Å²) in [4.78, 5) is 12.6. The van der Waals surface area contributed by atoms with E-state index < -0.39 is 9.84 Å². The summed E-state index contributed by atoms with van der Waals surface area (Å²) in [6.07, 6.45) is 2.03. The molecule has 0 bridgehead atoms. The van der Waals surface area contributed by atoms with E-state index >= 15 is 0 Å². The van der Waals surface area contributed by atoms with Gasteiger partial charge in [0.1, 0.15) is 0 Å². The zero-order valence-corrected chi connectivity index (χ0v) is 15.7. The van der Waals surface area contributed by atoms with Gasteiger partial charge in [-0.05, 0) is 56.1 Å². The van der Waals surface area contributed by atoms with E-state index in [2.05, 4.69) is 10.6 Å². The average molecular weight is 372 g/mol. The van der Waals surface area contributed by atoms with Gasteiger partial charge in [-0.25, -0.2) is 8.42 Å². The van der Waals surface area contributed by atoms with Crippen LogP contribution in [0.15, 0.2) is 53.4 Å². The predicted octanol–water partition coefficient (Wildman–Crippen LogP) is 2.45. The largest absolute Gasteiger partial charge is 0.348 e. The van der Waals surface area contributed by atoms with Crippen molar-refractivity contribution in [2.24, 2.45) is 0 Å². The Morgan fingerprint density at radius 2 is 1.81 bits per heavy atom. The molecule has 1 amide bonds. The number of hydrogen-bond acceptors (Lipinski definition) is 4. The van der Waals surface area contributed by atoms with E-state index in [1.165, 1.54) is 0 Å². The van der Waals surface area contributed by atoms with Gasteiger partial charge < -0.3 is 10.6 Å². The summed E-state index contributed by atoms with van der Waals surface area (Å²) < 4.78 is 25.0. The van der Waals surface area contributed by atoms with Gasteiger partial charge in [0.25, 0.3) is 5.91 Å². The third kappa shape index (κ3) is 4.71. The van der Waals surface area contributed by atoms with E-state index in [0.717, 1.165) is 31.5 Å². The predicted molar refractivity (Wildman–Crippen MR) is 102 cm³/mol. The van der Waals surface area contributed by atoms with Crippen molar-refractivity contribution < 1.29 is 13.2 Å². The van der Waals surface area contributed by atoms with Crippen LogP contribution in [0, 0.1) is 6.92 Å². The molecule has 1 aliphatic rings. The number of carbonyl (C=O) groups is 1. The van der Waals surface area contributed by atoms with E-state index in [9.17, 15) is 13.2 Å². The SMILES string of the molecule is Cc1ccc(S(=O)(=O)Cc2ccc(C(=O)NC3CCCNC3)cc2)cc1. The van der Waals surface area contributed by atoms with Crippen molar-refractivity contribution in [2.45, 2.75) is 36.5 Å². The molecule has 2 aromatic rings. The smallest absolute Gasteiger partial charge is 0.251 e. The van der Waals surface area contributed by atoms with Gasteiger partial charge >= 0.3 is 0 Å². The molecule has 0 saturated carbocycles. The molecule has 0 aromatic heterocycles. The van der Waals surface area contributed by atoms with Crippen molar-refractivity contribution in [1.29, 1.82) is 0 Å². The Labute approximate surface area is 154 Å². The molecule has 2 N–H and O–H groups in total. The number of sulfone groups is 1. The molecule has 1 heterocycles. The van der Waals surface area contributed by atoms with Crippen LogP contribution in [0.4, 0.5) is 0 Å². The van der Waals surface area contributed by atoms with Gasteiger partial charge in [-0.1, -0.05) is 29.8 Å². The molecule has 1 atom stereocenters. The van der Waals surface area contributed by atoms with Crippen molar-refractivity contribution in [3.63, 3.8) is 0 Å². The monoisotopic (exact) mass is 372 g/mol. The van der Waals surface area contributed by atoms with E-state index in [4.69, 9.17) is 0 Å². The fraction of sp³-hybridized carbons (Fsp3) is 0.350. The summed E-state index contributed by atoms with van der Waals surface area (Å²) in [5.74, 6) is -0.198. The number of amides is 1. The molecule has 138 valence electrons. The van der Waals surface area contributed by atoms with Crippen LogP contribution in [0.25, 0.3) is 0 Å². The molecule has 6 heteroatoms. The fourth-order valence-electron chi connectivity index (χ4n) is 3.04. The first kappa shape index (κ1) is 18.6. The molecule has 1 aliphatic heterocycles. The Bertz CT molecular complexity index is 853. The minimum Gasteiger partial charge on any atom is -0.348 e. The second-order valence-electron chi connectivity index (χ2n) is 6.79. The Balaban J connectivity index is 1.65. The lowest BCUT2D eigenvalue weighted by molar-refractivity contribution is 0.0930.